The third kappa shape index (κ3) is 2.37. The van der Waals surface area contributed by atoms with Gasteiger partial charge < -0.3 is 13.8 Å². The van der Waals surface area contributed by atoms with Gasteiger partial charge in [0.2, 0.25) is 0 Å². The molecule has 0 unspecified atom stereocenters. The maximum absolute atomic E-state index is 6.70. The maximum Gasteiger partial charge on any atom is 0.333 e. The van der Waals surface area contributed by atoms with Gasteiger partial charge in [-0.2, -0.15) is 0 Å². The van der Waals surface area contributed by atoms with E-state index in [-0.39, 0.29) is 6.85 Å². The first-order chi connectivity index (χ1) is 19.9. The highest BCUT2D eigenvalue weighted by atomic mass is 16.3. The first kappa shape index (κ1) is 20.6. The average molecular weight is 509 g/mol. The van der Waals surface area contributed by atoms with Crippen molar-refractivity contribution in [3.8, 4) is 11.3 Å². The van der Waals surface area contributed by atoms with Crippen molar-refractivity contribution in [3.63, 3.8) is 0 Å². The highest BCUT2D eigenvalue weighted by Crippen LogP contribution is 2.48. The molecule has 0 atom stereocenters. The van der Waals surface area contributed by atoms with Crippen LogP contribution in [0.15, 0.2) is 126 Å². The van der Waals surface area contributed by atoms with E-state index in [4.69, 9.17) is 9.40 Å². The van der Waals surface area contributed by atoms with Crippen molar-refractivity contribution in [1.29, 1.82) is 0 Å². The summed E-state index contributed by atoms with van der Waals surface area (Å²) in [6.45, 7) is -0.0159. The van der Waals surface area contributed by atoms with E-state index in [2.05, 4.69) is 119 Å². The van der Waals surface area contributed by atoms with Crippen molar-refractivity contribution in [1.82, 2.24) is 9.46 Å². The molecule has 0 saturated heterocycles. The molecule has 5 heterocycles. The largest absolute Gasteiger partial charge is 0.455 e. The van der Waals surface area contributed by atoms with E-state index >= 15 is 0 Å². The van der Waals surface area contributed by atoms with E-state index in [0.717, 1.165) is 38.9 Å². The zero-order chi connectivity index (χ0) is 25.9. The number of para-hydroxylation sites is 4. The molecule has 0 aliphatic carbocycles. The Hall–Kier alpha value is -5.29. The summed E-state index contributed by atoms with van der Waals surface area (Å²) in [5.41, 5.74) is 12.3. The summed E-state index contributed by atoms with van der Waals surface area (Å²) in [5, 5.41) is 4.72. The zero-order valence-electron chi connectivity index (χ0n) is 21.4. The summed E-state index contributed by atoms with van der Waals surface area (Å²) in [7, 11) is 0. The maximum atomic E-state index is 6.70. The Kier molecular flexibility index (Phi) is 3.73. The molecule has 3 aromatic heterocycles. The fraction of sp³-hybridized carbons (Fsp3) is 0. The number of anilines is 3. The molecule has 4 nitrogen and oxygen atoms in total. The van der Waals surface area contributed by atoms with Crippen LogP contribution < -0.4 is 15.8 Å². The fourth-order valence-corrected chi connectivity index (χ4v) is 7.29. The molecule has 184 valence electrons. The Morgan fingerprint density at radius 1 is 0.650 bits per heavy atom. The summed E-state index contributed by atoms with van der Waals surface area (Å²) in [6, 6.07) is 41.1. The number of hydrogen-bond acceptors (Lipinski definition) is 3. The van der Waals surface area contributed by atoms with Crippen LogP contribution in [0, 0.1) is 0 Å². The molecule has 0 spiro atoms. The van der Waals surface area contributed by atoms with Crippen LogP contribution in [0.25, 0.3) is 55.0 Å². The lowest BCUT2D eigenvalue weighted by atomic mass is 9.45. The van der Waals surface area contributed by atoms with Crippen molar-refractivity contribution in [2.24, 2.45) is 0 Å². The first-order valence-electron chi connectivity index (χ1n) is 13.7. The van der Waals surface area contributed by atoms with Crippen LogP contribution in [0.5, 0.6) is 0 Å². The number of rotatable bonds is 1. The van der Waals surface area contributed by atoms with Crippen LogP contribution in [0.3, 0.4) is 0 Å². The Labute approximate surface area is 229 Å². The lowest BCUT2D eigenvalue weighted by Crippen LogP contribution is -2.56. The number of fused-ring (bicyclic) bond motifs is 11. The molecule has 0 radical (unpaired) electrons. The van der Waals surface area contributed by atoms with Crippen molar-refractivity contribution in [3.05, 3.63) is 121 Å². The molecule has 2 aliphatic rings. The van der Waals surface area contributed by atoms with Gasteiger partial charge in [-0.25, -0.2) is 0 Å². The summed E-state index contributed by atoms with van der Waals surface area (Å²) >= 11 is 0. The van der Waals surface area contributed by atoms with E-state index in [1.807, 2.05) is 12.3 Å². The average Bonchev–Trinajstić information content (AvgIpc) is 3.56. The van der Waals surface area contributed by atoms with Gasteiger partial charge in [0.25, 0.3) is 0 Å². The summed E-state index contributed by atoms with van der Waals surface area (Å²) in [4.78, 5) is 7.50. The van der Waals surface area contributed by atoms with E-state index in [9.17, 15) is 0 Å². The third-order valence-corrected chi connectivity index (χ3v) is 8.80. The Bertz CT molecular complexity index is 2350. The molecule has 0 bridgehead atoms. The molecule has 5 heteroatoms. The predicted octanol–water partition coefficient (Wildman–Crippen LogP) is 7.51. The van der Waals surface area contributed by atoms with Gasteiger partial charge in [-0.3, -0.25) is 4.98 Å². The van der Waals surface area contributed by atoms with E-state index in [0.29, 0.717) is 0 Å². The number of hydrogen-bond donors (Lipinski definition) is 0. The van der Waals surface area contributed by atoms with Gasteiger partial charge >= 0.3 is 6.85 Å². The summed E-state index contributed by atoms with van der Waals surface area (Å²) < 4.78 is 9.23. The molecule has 0 saturated carbocycles. The van der Waals surface area contributed by atoms with Gasteiger partial charge in [-0.15, -0.1) is 0 Å². The van der Waals surface area contributed by atoms with Crippen molar-refractivity contribution >= 4 is 78.6 Å². The molecule has 8 aromatic rings. The SMILES string of the molecule is c1ccc(N2c3ccccc3B3c4c2cc2c(oc5ccccc52)c4-c2nccc4c5ccccc5n3c24)cc1. The quantitative estimate of drug-likeness (QED) is 0.215. The van der Waals surface area contributed by atoms with Crippen LogP contribution in [-0.4, -0.2) is 16.3 Å². The molecule has 0 N–H and O–H groups in total. The molecule has 2 aliphatic heterocycles. The minimum Gasteiger partial charge on any atom is -0.455 e. The van der Waals surface area contributed by atoms with Crippen LogP contribution in [0.4, 0.5) is 17.1 Å². The number of pyridine rings is 1. The van der Waals surface area contributed by atoms with Crippen LogP contribution in [-0.2, 0) is 0 Å². The van der Waals surface area contributed by atoms with Gasteiger partial charge in [0, 0.05) is 55.9 Å². The van der Waals surface area contributed by atoms with Crippen molar-refractivity contribution in [2.75, 3.05) is 4.90 Å². The Morgan fingerprint density at radius 3 is 2.35 bits per heavy atom. The van der Waals surface area contributed by atoms with Crippen molar-refractivity contribution in [2.45, 2.75) is 0 Å². The zero-order valence-corrected chi connectivity index (χ0v) is 21.4. The van der Waals surface area contributed by atoms with Crippen LogP contribution in [0.2, 0.25) is 0 Å². The molecular weight excluding hydrogens is 489 g/mol. The molecule has 40 heavy (non-hydrogen) atoms. The lowest BCUT2D eigenvalue weighted by molar-refractivity contribution is 0.670. The monoisotopic (exact) mass is 509 g/mol. The second-order valence-electron chi connectivity index (χ2n) is 10.7. The summed E-state index contributed by atoms with van der Waals surface area (Å²) in [6.07, 6.45) is 1.95. The third-order valence-electron chi connectivity index (χ3n) is 8.80. The second kappa shape index (κ2) is 7.22. The minimum absolute atomic E-state index is 0.0159. The Morgan fingerprint density at radius 2 is 1.43 bits per heavy atom. The van der Waals surface area contributed by atoms with Gasteiger partial charge in [0.15, 0.2) is 0 Å². The van der Waals surface area contributed by atoms with Gasteiger partial charge in [0.05, 0.1) is 11.2 Å². The molecule has 0 fully saturated rings. The first-order valence-corrected chi connectivity index (χ1v) is 13.7. The highest BCUT2D eigenvalue weighted by molar-refractivity contribution is 6.90. The lowest BCUT2D eigenvalue weighted by Gasteiger charge is -2.40. The van der Waals surface area contributed by atoms with Crippen molar-refractivity contribution < 1.29 is 4.42 Å². The van der Waals surface area contributed by atoms with Crippen LogP contribution in [0.1, 0.15) is 0 Å². The predicted molar refractivity (Wildman–Crippen MR) is 165 cm³/mol. The normalized spacial score (nSPS) is 13.4. The topological polar surface area (TPSA) is 34.2 Å². The number of benzene rings is 5. The van der Waals surface area contributed by atoms with Crippen LogP contribution >= 0.6 is 0 Å². The van der Waals surface area contributed by atoms with Gasteiger partial charge in [-0.05, 0) is 53.4 Å². The number of aromatic nitrogens is 2. The highest BCUT2D eigenvalue weighted by Gasteiger charge is 2.44. The van der Waals surface area contributed by atoms with Gasteiger partial charge in [-0.1, -0.05) is 72.8 Å². The molecule has 5 aromatic carbocycles. The molecular formula is C35H20BN3O. The van der Waals surface area contributed by atoms with E-state index < -0.39 is 0 Å². The smallest absolute Gasteiger partial charge is 0.333 e. The van der Waals surface area contributed by atoms with E-state index in [1.165, 1.54) is 44.1 Å². The molecule has 0 amide bonds. The molecule has 10 rings (SSSR count). The minimum atomic E-state index is -0.0159. The fourth-order valence-electron chi connectivity index (χ4n) is 7.29. The van der Waals surface area contributed by atoms with E-state index in [1.54, 1.807) is 0 Å². The summed E-state index contributed by atoms with van der Waals surface area (Å²) in [5.74, 6) is 0. The van der Waals surface area contributed by atoms with Gasteiger partial charge in [0.1, 0.15) is 11.2 Å². The Balaban J connectivity index is 1.49. The second-order valence-corrected chi connectivity index (χ2v) is 10.7. The number of furan rings is 1. The standard InChI is InChI=1S/C35H20BN3O/c1-2-10-21(11-3-1)38-28-16-8-6-14-26(28)36-32-29(38)20-25-23-13-5-9-17-30(23)40-35(25)31(32)33-34-24(18-19-37-33)22-12-4-7-15-27(22)39(34)36/h1-20H. The number of nitrogens with zero attached hydrogens (tertiary/aromatic N) is 3.